The number of methoxy groups -OCH3 is 2. The van der Waals surface area contributed by atoms with E-state index in [4.69, 9.17) is 9.47 Å². The lowest BCUT2D eigenvalue weighted by Crippen LogP contribution is -2.12. The number of rotatable bonds is 7. The molecule has 2 unspecified atom stereocenters. The molecule has 0 aliphatic heterocycles. The molecule has 0 aliphatic carbocycles. The molecule has 0 aliphatic rings. The largest absolute Gasteiger partial charge is 0.496 e. The second-order valence-electron chi connectivity index (χ2n) is 5.51. The second-order valence-corrected chi connectivity index (χ2v) is 5.51. The molecule has 22 heavy (non-hydrogen) atoms. The molecule has 2 rings (SSSR count). The molecular weight excluding hydrogens is 272 g/mol. The highest BCUT2D eigenvalue weighted by molar-refractivity contribution is 5.42. The topological polar surface area (TPSA) is 18.5 Å². The van der Waals surface area contributed by atoms with Gasteiger partial charge in [0.05, 0.1) is 14.2 Å². The third-order valence-corrected chi connectivity index (χ3v) is 4.44. The Labute approximate surface area is 134 Å². The highest BCUT2D eigenvalue weighted by Gasteiger charge is 2.26. The van der Waals surface area contributed by atoms with Crippen molar-refractivity contribution in [3.05, 3.63) is 59.7 Å². The van der Waals surface area contributed by atoms with Crippen LogP contribution in [0.1, 0.15) is 49.7 Å². The highest BCUT2D eigenvalue weighted by Crippen LogP contribution is 2.43. The summed E-state index contributed by atoms with van der Waals surface area (Å²) in [7, 11) is 3.49. The van der Waals surface area contributed by atoms with Gasteiger partial charge in [-0.05, 0) is 47.9 Å². The molecule has 2 aromatic rings. The second kappa shape index (κ2) is 7.88. The minimum absolute atomic E-state index is 0.414. The van der Waals surface area contributed by atoms with E-state index in [1.165, 1.54) is 11.1 Å². The van der Waals surface area contributed by atoms with Gasteiger partial charge in [0.2, 0.25) is 0 Å². The van der Waals surface area contributed by atoms with Gasteiger partial charge in [0.15, 0.2) is 0 Å². The fourth-order valence-electron chi connectivity index (χ4n) is 3.39. The summed E-state index contributed by atoms with van der Waals surface area (Å²) in [6.45, 7) is 4.49. The van der Waals surface area contributed by atoms with Crippen molar-refractivity contribution in [3.63, 3.8) is 0 Å². The molecule has 0 radical (unpaired) electrons. The number of benzene rings is 2. The maximum Gasteiger partial charge on any atom is 0.122 e. The zero-order valence-electron chi connectivity index (χ0n) is 14.0. The summed E-state index contributed by atoms with van der Waals surface area (Å²) < 4.78 is 11.2. The van der Waals surface area contributed by atoms with Crippen molar-refractivity contribution < 1.29 is 9.47 Å². The van der Waals surface area contributed by atoms with Gasteiger partial charge in [-0.3, -0.25) is 0 Å². The van der Waals surface area contributed by atoms with Gasteiger partial charge in [0.25, 0.3) is 0 Å². The predicted molar refractivity (Wildman–Crippen MR) is 92.1 cm³/mol. The Morgan fingerprint density at radius 3 is 1.36 bits per heavy atom. The van der Waals surface area contributed by atoms with Crippen molar-refractivity contribution in [2.24, 2.45) is 0 Å². The molecule has 0 saturated carbocycles. The first-order valence-corrected chi connectivity index (χ1v) is 8.02. The Morgan fingerprint density at radius 1 is 0.682 bits per heavy atom. The fourth-order valence-corrected chi connectivity index (χ4v) is 3.39. The van der Waals surface area contributed by atoms with Crippen molar-refractivity contribution in [1.29, 1.82) is 0 Å². The van der Waals surface area contributed by atoms with Gasteiger partial charge in [-0.1, -0.05) is 50.2 Å². The molecule has 0 aromatic heterocycles. The van der Waals surface area contributed by atoms with Crippen LogP contribution in [0.4, 0.5) is 0 Å². The summed E-state index contributed by atoms with van der Waals surface area (Å²) in [4.78, 5) is 0. The summed E-state index contributed by atoms with van der Waals surface area (Å²) in [5.41, 5.74) is 2.57. The fraction of sp³-hybridized carbons (Fsp3) is 0.400. The molecule has 118 valence electrons. The zero-order chi connectivity index (χ0) is 15.9. The van der Waals surface area contributed by atoms with E-state index in [-0.39, 0.29) is 0 Å². The molecule has 0 saturated heterocycles. The van der Waals surface area contributed by atoms with Crippen molar-refractivity contribution >= 4 is 0 Å². The lowest BCUT2D eigenvalue weighted by atomic mass is 9.77. The Morgan fingerprint density at radius 2 is 1.05 bits per heavy atom. The maximum atomic E-state index is 5.58. The molecule has 2 atom stereocenters. The van der Waals surface area contributed by atoms with Crippen LogP contribution in [-0.4, -0.2) is 14.2 Å². The van der Waals surface area contributed by atoms with Crippen molar-refractivity contribution in [1.82, 2.24) is 0 Å². The molecule has 2 aromatic carbocycles. The third-order valence-electron chi connectivity index (χ3n) is 4.44. The number of hydrogen-bond donors (Lipinski definition) is 0. The van der Waals surface area contributed by atoms with E-state index in [2.05, 4.69) is 38.1 Å². The maximum absolute atomic E-state index is 5.58. The summed E-state index contributed by atoms with van der Waals surface area (Å²) in [5, 5.41) is 0. The van der Waals surface area contributed by atoms with Gasteiger partial charge in [-0.25, -0.2) is 0 Å². The molecule has 0 bridgehead atoms. The van der Waals surface area contributed by atoms with E-state index in [0.29, 0.717) is 11.8 Å². The van der Waals surface area contributed by atoms with Gasteiger partial charge in [0.1, 0.15) is 11.5 Å². The Kier molecular flexibility index (Phi) is 5.88. The minimum Gasteiger partial charge on any atom is -0.496 e. The standard InChI is InChI=1S/C20H26O2/c1-5-15(17-11-7-9-13-19(17)21-3)16(6-2)18-12-8-10-14-20(18)22-4/h7-16H,5-6H2,1-4H3. The smallest absolute Gasteiger partial charge is 0.122 e. The van der Waals surface area contributed by atoms with Crippen LogP contribution in [0, 0.1) is 0 Å². The van der Waals surface area contributed by atoms with E-state index in [1.54, 1.807) is 14.2 Å². The van der Waals surface area contributed by atoms with Crippen molar-refractivity contribution in [3.8, 4) is 11.5 Å². The van der Waals surface area contributed by atoms with Crippen LogP contribution in [0.5, 0.6) is 11.5 Å². The molecule has 2 heteroatoms. The van der Waals surface area contributed by atoms with Gasteiger partial charge in [-0.2, -0.15) is 0 Å². The van der Waals surface area contributed by atoms with E-state index in [0.717, 1.165) is 24.3 Å². The highest BCUT2D eigenvalue weighted by atomic mass is 16.5. The monoisotopic (exact) mass is 298 g/mol. The summed E-state index contributed by atoms with van der Waals surface area (Å²) in [5.74, 6) is 2.78. The van der Waals surface area contributed by atoms with Gasteiger partial charge in [-0.15, -0.1) is 0 Å². The Bertz CT molecular complexity index is 538. The van der Waals surface area contributed by atoms with Crippen molar-refractivity contribution in [2.45, 2.75) is 38.5 Å². The molecule has 0 heterocycles. The van der Waals surface area contributed by atoms with Gasteiger partial charge in [0, 0.05) is 0 Å². The van der Waals surface area contributed by atoms with Crippen LogP contribution in [0.3, 0.4) is 0 Å². The molecule has 0 N–H and O–H groups in total. The first-order valence-electron chi connectivity index (χ1n) is 8.02. The van der Waals surface area contributed by atoms with E-state index < -0.39 is 0 Å². The van der Waals surface area contributed by atoms with Crippen LogP contribution in [-0.2, 0) is 0 Å². The molecule has 0 amide bonds. The van der Waals surface area contributed by atoms with Crippen LogP contribution >= 0.6 is 0 Å². The average Bonchev–Trinajstić information content (AvgIpc) is 2.59. The zero-order valence-corrected chi connectivity index (χ0v) is 14.0. The molecule has 2 nitrogen and oxygen atoms in total. The molecule has 0 fully saturated rings. The van der Waals surface area contributed by atoms with Crippen LogP contribution in [0.15, 0.2) is 48.5 Å². The first-order chi connectivity index (χ1) is 10.8. The van der Waals surface area contributed by atoms with E-state index in [9.17, 15) is 0 Å². The van der Waals surface area contributed by atoms with Crippen LogP contribution in [0.25, 0.3) is 0 Å². The van der Waals surface area contributed by atoms with Gasteiger partial charge >= 0.3 is 0 Å². The lowest BCUT2D eigenvalue weighted by molar-refractivity contribution is 0.384. The first kappa shape index (κ1) is 16.4. The van der Waals surface area contributed by atoms with E-state index in [1.807, 2.05) is 24.3 Å². The summed E-state index contributed by atoms with van der Waals surface area (Å²) in [6, 6.07) is 16.7. The van der Waals surface area contributed by atoms with Gasteiger partial charge < -0.3 is 9.47 Å². The lowest BCUT2D eigenvalue weighted by Gasteiger charge is -2.28. The summed E-state index contributed by atoms with van der Waals surface area (Å²) in [6.07, 6.45) is 2.13. The van der Waals surface area contributed by atoms with E-state index >= 15 is 0 Å². The normalized spacial score (nSPS) is 13.5. The number of hydrogen-bond acceptors (Lipinski definition) is 2. The quantitative estimate of drug-likeness (QED) is 0.682. The number of para-hydroxylation sites is 2. The third kappa shape index (κ3) is 3.27. The van der Waals surface area contributed by atoms with Crippen LogP contribution < -0.4 is 9.47 Å². The SMILES string of the molecule is CCC(c1ccccc1OC)C(CC)c1ccccc1OC. The Balaban J connectivity index is 2.47. The van der Waals surface area contributed by atoms with Crippen molar-refractivity contribution in [2.75, 3.05) is 14.2 Å². The summed E-state index contributed by atoms with van der Waals surface area (Å²) >= 11 is 0. The minimum atomic E-state index is 0.414. The average molecular weight is 298 g/mol. The van der Waals surface area contributed by atoms with Crippen LogP contribution in [0.2, 0.25) is 0 Å². The molecular formula is C20H26O2. The predicted octanol–water partition coefficient (Wildman–Crippen LogP) is 5.39. The molecule has 0 spiro atoms. The number of ether oxygens (including phenoxy) is 2. The Hall–Kier alpha value is -1.96.